The first-order valence-electron chi connectivity index (χ1n) is 4.80. The average molecular weight is 209 g/mol. The second-order valence-electron chi connectivity index (χ2n) is 2.62. The lowest BCUT2D eigenvalue weighted by Gasteiger charge is -2.19. The van der Waals surface area contributed by atoms with Gasteiger partial charge in [-0.25, -0.2) is 0 Å². The smallest absolute Gasteiger partial charge is 0.268 e. The van der Waals surface area contributed by atoms with Gasteiger partial charge in [0.25, 0.3) is 5.91 Å². The second-order valence-corrected chi connectivity index (χ2v) is 2.62. The Labute approximate surface area is 88.8 Å². The van der Waals surface area contributed by atoms with Crippen LogP contribution in [0.1, 0.15) is 24.2 Å². The molecule has 82 valence electrons. The van der Waals surface area contributed by atoms with Gasteiger partial charge in [0.15, 0.2) is 0 Å². The number of ether oxygens (including phenoxy) is 1. The summed E-state index contributed by atoms with van der Waals surface area (Å²) < 4.78 is 5.02. The molecule has 15 heavy (non-hydrogen) atoms. The van der Waals surface area contributed by atoms with Crippen molar-refractivity contribution in [2.75, 3.05) is 12.5 Å². The Kier molecular flexibility index (Phi) is 3.93. The minimum absolute atomic E-state index is 0.156. The summed E-state index contributed by atoms with van der Waals surface area (Å²) in [5.41, 5.74) is 9.09. The molecule has 0 bridgehead atoms. The topological polar surface area (TPSA) is 62.4 Å². The summed E-state index contributed by atoms with van der Waals surface area (Å²) in [5.74, 6) is 0.555. The normalized spacial score (nSPS) is 12.6. The lowest BCUT2D eigenvalue weighted by molar-refractivity contribution is 0.0931. The lowest BCUT2D eigenvalue weighted by Crippen LogP contribution is -2.45. The van der Waals surface area contributed by atoms with E-state index in [4.69, 9.17) is 4.74 Å². The van der Waals surface area contributed by atoms with E-state index in [-0.39, 0.29) is 5.91 Å². The molecule has 0 spiro atoms. The van der Waals surface area contributed by atoms with Crippen LogP contribution in [0.15, 0.2) is 18.2 Å². The maximum absolute atomic E-state index is 11.2. The highest BCUT2D eigenvalue weighted by Gasteiger charge is 2.15. The zero-order chi connectivity index (χ0) is 11.3. The van der Waals surface area contributed by atoms with Gasteiger partial charge < -0.3 is 10.2 Å². The third kappa shape index (κ3) is 2.38. The number of amides is 1. The summed E-state index contributed by atoms with van der Waals surface area (Å²) in [7, 11) is 1.58. The van der Waals surface area contributed by atoms with E-state index in [1.807, 2.05) is 13.8 Å². The van der Waals surface area contributed by atoms with Crippen molar-refractivity contribution in [3.8, 4) is 5.75 Å². The van der Waals surface area contributed by atoms with Crippen LogP contribution in [0.2, 0.25) is 0 Å². The summed E-state index contributed by atoms with van der Waals surface area (Å²) in [6, 6.07) is 5.20. The number of anilines is 1. The largest absolute Gasteiger partial charge is 0.497 e. The summed E-state index contributed by atoms with van der Waals surface area (Å²) in [4.78, 5) is 11.2. The lowest BCUT2D eigenvalue weighted by atomic mass is 10.1. The minimum atomic E-state index is -0.156. The predicted molar refractivity (Wildman–Crippen MR) is 58.6 cm³/mol. The number of hydrazine groups is 2. The average Bonchev–Trinajstić information content (AvgIpc) is 2.31. The van der Waals surface area contributed by atoms with Crippen molar-refractivity contribution >= 4 is 11.6 Å². The van der Waals surface area contributed by atoms with Gasteiger partial charge in [-0.1, -0.05) is 13.8 Å². The highest BCUT2D eigenvalue weighted by molar-refractivity contribution is 6.00. The van der Waals surface area contributed by atoms with Crippen molar-refractivity contribution in [3.63, 3.8) is 0 Å². The van der Waals surface area contributed by atoms with Gasteiger partial charge >= 0.3 is 0 Å². The maximum Gasteiger partial charge on any atom is 0.268 e. The molecule has 0 atom stereocenters. The molecular weight excluding hydrogens is 194 g/mol. The number of fused-ring (bicyclic) bond motifs is 1. The Hall–Kier alpha value is -1.75. The summed E-state index contributed by atoms with van der Waals surface area (Å²) >= 11 is 0. The Morgan fingerprint density at radius 1 is 1.20 bits per heavy atom. The Bertz CT molecular complexity index is 353. The number of carbonyl (C=O) groups excluding carboxylic acids is 1. The molecule has 0 aliphatic carbocycles. The van der Waals surface area contributed by atoms with Crippen molar-refractivity contribution in [2.45, 2.75) is 13.8 Å². The van der Waals surface area contributed by atoms with Crippen LogP contribution in [0.4, 0.5) is 5.69 Å². The molecule has 1 amide bonds. The molecule has 1 aromatic carbocycles. The molecule has 0 unspecified atom stereocenters. The van der Waals surface area contributed by atoms with E-state index in [1.54, 1.807) is 25.3 Å². The number of carbonyl (C=O) groups is 1. The number of methoxy groups -OCH3 is 1. The van der Waals surface area contributed by atoms with Gasteiger partial charge in [0.1, 0.15) is 5.75 Å². The zero-order valence-corrected chi connectivity index (χ0v) is 9.05. The molecular formula is C10H15N3O2. The minimum Gasteiger partial charge on any atom is -0.497 e. The Morgan fingerprint density at radius 2 is 1.93 bits per heavy atom. The van der Waals surface area contributed by atoms with Gasteiger partial charge in [-0.3, -0.25) is 10.2 Å². The van der Waals surface area contributed by atoms with Gasteiger partial charge in [0.05, 0.1) is 18.4 Å². The van der Waals surface area contributed by atoms with Crippen molar-refractivity contribution in [2.24, 2.45) is 0 Å². The van der Waals surface area contributed by atoms with Gasteiger partial charge in [0.2, 0.25) is 0 Å². The van der Waals surface area contributed by atoms with Crippen LogP contribution in [-0.4, -0.2) is 13.0 Å². The van der Waals surface area contributed by atoms with Crippen molar-refractivity contribution in [3.05, 3.63) is 23.8 Å². The fourth-order valence-corrected chi connectivity index (χ4v) is 1.17. The van der Waals surface area contributed by atoms with Crippen LogP contribution < -0.4 is 21.1 Å². The highest BCUT2D eigenvalue weighted by Crippen LogP contribution is 2.22. The molecule has 0 radical (unpaired) electrons. The first-order valence-corrected chi connectivity index (χ1v) is 4.80. The fourth-order valence-electron chi connectivity index (χ4n) is 1.17. The monoisotopic (exact) mass is 209 g/mol. The van der Waals surface area contributed by atoms with E-state index >= 15 is 0 Å². The van der Waals surface area contributed by atoms with Gasteiger partial charge in [-0.2, -0.15) is 0 Å². The van der Waals surface area contributed by atoms with Crippen molar-refractivity contribution < 1.29 is 9.53 Å². The number of nitrogens with one attached hydrogen (secondary N) is 3. The van der Waals surface area contributed by atoms with Crippen LogP contribution in [0.5, 0.6) is 5.75 Å². The molecule has 0 fully saturated rings. The SMILES string of the molecule is CC.COc1ccc2c(c1)NNNC2=O. The molecule has 2 rings (SSSR count). The molecule has 3 N–H and O–H groups in total. The van der Waals surface area contributed by atoms with Crippen LogP contribution in [-0.2, 0) is 0 Å². The number of hydrogen-bond donors (Lipinski definition) is 3. The van der Waals surface area contributed by atoms with Gasteiger partial charge in [0, 0.05) is 6.07 Å². The molecule has 5 heteroatoms. The zero-order valence-electron chi connectivity index (χ0n) is 9.05. The van der Waals surface area contributed by atoms with Crippen LogP contribution in [0, 0.1) is 0 Å². The maximum atomic E-state index is 11.2. The number of hydrogen-bond acceptors (Lipinski definition) is 4. The third-order valence-corrected chi connectivity index (χ3v) is 1.84. The number of rotatable bonds is 1. The van der Waals surface area contributed by atoms with E-state index in [0.29, 0.717) is 17.0 Å². The Morgan fingerprint density at radius 3 is 2.60 bits per heavy atom. The summed E-state index contributed by atoms with van der Waals surface area (Å²) in [6.45, 7) is 4.00. The first-order chi connectivity index (χ1) is 7.31. The second kappa shape index (κ2) is 5.21. The molecule has 1 heterocycles. The molecule has 1 aromatic rings. The standard InChI is InChI=1S/C8H9N3O2.C2H6/c1-13-5-2-3-6-7(4-5)9-11-10-8(6)12;1-2/h2-4,9,11H,1H3,(H,10,12);1-2H3. The van der Waals surface area contributed by atoms with Gasteiger partial charge in [-0.15, -0.1) is 5.53 Å². The summed E-state index contributed by atoms with van der Waals surface area (Å²) in [6.07, 6.45) is 0. The van der Waals surface area contributed by atoms with Gasteiger partial charge in [-0.05, 0) is 12.1 Å². The number of benzene rings is 1. The summed E-state index contributed by atoms with van der Waals surface area (Å²) in [5, 5.41) is 0. The van der Waals surface area contributed by atoms with E-state index in [0.717, 1.165) is 0 Å². The van der Waals surface area contributed by atoms with E-state index in [9.17, 15) is 4.79 Å². The molecule has 0 saturated heterocycles. The van der Waals surface area contributed by atoms with E-state index in [1.165, 1.54) is 0 Å². The Balaban J connectivity index is 0.000000531. The van der Waals surface area contributed by atoms with Crippen LogP contribution in [0.25, 0.3) is 0 Å². The van der Waals surface area contributed by atoms with Crippen molar-refractivity contribution in [1.82, 2.24) is 11.0 Å². The third-order valence-electron chi connectivity index (χ3n) is 1.84. The fraction of sp³-hybridized carbons (Fsp3) is 0.300. The molecule has 1 aliphatic rings. The van der Waals surface area contributed by atoms with Crippen molar-refractivity contribution in [1.29, 1.82) is 0 Å². The predicted octanol–water partition coefficient (Wildman–Crippen LogP) is 1.30. The molecule has 0 aromatic heterocycles. The van der Waals surface area contributed by atoms with Crippen LogP contribution in [0.3, 0.4) is 0 Å². The van der Waals surface area contributed by atoms with E-state index < -0.39 is 0 Å². The molecule has 5 nitrogen and oxygen atoms in total. The van der Waals surface area contributed by atoms with E-state index in [2.05, 4.69) is 16.4 Å². The van der Waals surface area contributed by atoms with Crippen LogP contribution >= 0.6 is 0 Å². The molecule has 1 aliphatic heterocycles. The quantitative estimate of drug-likeness (QED) is 0.652. The first kappa shape index (κ1) is 11.3. The molecule has 0 saturated carbocycles. The highest BCUT2D eigenvalue weighted by atomic mass is 16.5.